The number of alkyl carbamates (subject to hydrolysis) is 1. The van der Waals surface area contributed by atoms with E-state index in [2.05, 4.69) is 17.6 Å². The summed E-state index contributed by atoms with van der Waals surface area (Å²) in [4.78, 5) is 42.5. The zero-order chi connectivity index (χ0) is 31.4. The molecule has 2 atom stereocenters. The SMILES string of the molecule is CCCCCCCCN(C(=O)C(CO)NC(=O)OC(C)(C)C)C(C(=O)Nc1c(C)cccc1Cl)c1c(C)cccc1C. The molecule has 232 valence electrons. The molecule has 0 saturated heterocycles. The molecule has 8 nitrogen and oxygen atoms in total. The summed E-state index contributed by atoms with van der Waals surface area (Å²) in [5.74, 6) is -1.01. The molecule has 0 aromatic heterocycles. The number of halogens is 1. The van der Waals surface area contributed by atoms with Gasteiger partial charge in [-0.1, -0.05) is 81.0 Å². The molecule has 0 bridgehead atoms. The van der Waals surface area contributed by atoms with Crippen LogP contribution in [-0.2, 0) is 14.3 Å². The molecule has 2 rings (SSSR count). The molecule has 0 aliphatic carbocycles. The number of hydrogen-bond acceptors (Lipinski definition) is 5. The number of amides is 3. The number of hydrogen-bond donors (Lipinski definition) is 3. The minimum atomic E-state index is -1.30. The minimum absolute atomic E-state index is 0.255. The monoisotopic (exact) mass is 601 g/mol. The Kier molecular flexibility index (Phi) is 13.8. The molecule has 0 saturated carbocycles. The summed E-state index contributed by atoms with van der Waals surface area (Å²) in [7, 11) is 0. The van der Waals surface area contributed by atoms with E-state index in [4.69, 9.17) is 16.3 Å². The van der Waals surface area contributed by atoms with E-state index in [1.807, 2.05) is 45.0 Å². The van der Waals surface area contributed by atoms with Crippen molar-refractivity contribution in [2.75, 3.05) is 18.5 Å². The number of para-hydroxylation sites is 1. The highest BCUT2D eigenvalue weighted by Crippen LogP contribution is 2.32. The van der Waals surface area contributed by atoms with Gasteiger partial charge in [-0.05, 0) is 76.3 Å². The number of anilines is 1. The first-order valence-corrected chi connectivity index (χ1v) is 15.2. The van der Waals surface area contributed by atoms with Crippen LogP contribution in [0.1, 0.15) is 94.5 Å². The predicted octanol–water partition coefficient (Wildman–Crippen LogP) is 7.02. The van der Waals surface area contributed by atoms with Crippen molar-refractivity contribution in [1.29, 1.82) is 0 Å². The fourth-order valence-electron chi connectivity index (χ4n) is 4.93. The molecule has 2 aromatic rings. The number of rotatable bonds is 14. The molecule has 0 spiro atoms. The molecule has 0 radical (unpaired) electrons. The van der Waals surface area contributed by atoms with Crippen LogP contribution >= 0.6 is 11.6 Å². The number of aliphatic hydroxyl groups excluding tert-OH is 1. The van der Waals surface area contributed by atoms with Gasteiger partial charge in [-0.25, -0.2) is 4.79 Å². The van der Waals surface area contributed by atoms with E-state index in [0.717, 1.165) is 48.8 Å². The van der Waals surface area contributed by atoms with E-state index >= 15 is 0 Å². The van der Waals surface area contributed by atoms with Crippen LogP contribution in [0.5, 0.6) is 0 Å². The maximum atomic E-state index is 14.2. The van der Waals surface area contributed by atoms with Crippen molar-refractivity contribution in [3.05, 3.63) is 63.7 Å². The van der Waals surface area contributed by atoms with Crippen molar-refractivity contribution in [1.82, 2.24) is 10.2 Å². The third kappa shape index (κ3) is 10.3. The summed E-state index contributed by atoms with van der Waals surface area (Å²) in [5, 5.41) is 16.1. The lowest BCUT2D eigenvalue weighted by molar-refractivity contribution is -0.141. The standard InChI is InChI=1S/C33H48ClN3O5/c1-8-9-10-11-12-13-20-37(31(40)26(21-38)35-32(41)42-33(5,6)7)29(27-22(2)16-14-17-23(27)3)30(39)36-28-24(4)18-15-19-25(28)34/h14-19,26,29,38H,8-13,20-21H2,1-7H3,(H,35,41)(H,36,39). The summed E-state index contributed by atoms with van der Waals surface area (Å²) in [6, 6.07) is 8.71. The molecular weight excluding hydrogens is 554 g/mol. The summed E-state index contributed by atoms with van der Waals surface area (Å²) < 4.78 is 5.35. The van der Waals surface area contributed by atoms with Gasteiger partial charge < -0.3 is 25.4 Å². The highest BCUT2D eigenvalue weighted by Gasteiger charge is 2.37. The topological polar surface area (TPSA) is 108 Å². The summed E-state index contributed by atoms with van der Waals surface area (Å²) >= 11 is 6.47. The predicted molar refractivity (Wildman–Crippen MR) is 169 cm³/mol. The van der Waals surface area contributed by atoms with Gasteiger partial charge in [-0.15, -0.1) is 0 Å². The van der Waals surface area contributed by atoms with Crippen LogP contribution in [0.3, 0.4) is 0 Å². The Morgan fingerprint density at radius 3 is 2.07 bits per heavy atom. The maximum Gasteiger partial charge on any atom is 0.408 e. The van der Waals surface area contributed by atoms with Crippen LogP contribution in [0.25, 0.3) is 0 Å². The van der Waals surface area contributed by atoms with E-state index in [1.54, 1.807) is 32.9 Å². The third-order valence-corrected chi connectivity index (χ3v) is 7.37. The number of aryl methyl sites for hydroxylation is 3. The van der Waals surface area contributed by atoms with Gasteiger partial charge in [-0.2, -0.15) is 0 Å². The zero-order valence-corrected chi connectivity index (χ0v) is 26.9. The molecule has 0 fully saturated rings. The first-order valence-electron chi connectivity index (χ1n) is 14.8. The summed E-state index contributed by atoms with van der Waals surface area (Å²) in [6.45, 7) is 12.5. The average molecular weight is 602 g/mol. The Balaban J connectivity index is 2.56. The molecule has 9 heteroatoms. The van der Waals surface area contributed by atoms with Gasteiger partial charge in [-0.3, -0.25) is 9.59 Å². The van der Waals surface area contributed by atoms with Crippen LogP contribution in [0.4, 0.5) is 10.5 Å². The zero-order valence-electron chi connectivity index (χ0n) is 26.2. The number of nitrogens with zero attached hydrogens (tertiary/aromatic N) is 1. The molecule has 2 unspecified atom stereocenters. The van der Waals surface area contributed by atoms with Gasteiger partial charge >= 0.3 is 6.09 Å². The van der Waals surface area contributed by atoms with Crippen molar-refractivity contribution in [3.8, 4) is 0 Å². The number of nitrogens with one attached hydrogen (secondary N) is 2. The number of carbonyl (C=O) groups is 3. The Hall–Kier alpha value is -3.10. The van der Waals surface area contributed by atoms with E-state index < -0.39 is 42.2 Å². The minimum Gasteiger partial charge on any atom is -0.444 e. The van der Waals surface area contributed by atoms with Crippen LogP contribution in [0.2, 0.25) is 5.02 Å². The highest BCUT2D eigenvalue weighted by atomic mass is 35.5. The second-order valence-corrected chi connectivity index (χ2v) is 12.2. The van der Waals surface area contributed by atoms with Gasteiger partial charge in [0.15, 0.2) is 0 Å². The van der Waals surface area contributed by atoms with E-state index in [0.29, 0.717) is 22.7 Å². The van der Waals surface area contributed by atoms with E-state index in [1.165, 1.54) is 4.90 Å². The highest BCUT2D eigenvalue weighted by molar-refractivity contribution is 6.34. The number of aliphatic hydroxyl groups is 1. The first-order chi connectivity index (χ1) is 19.8. The maximum absolute atomic E-state index is 14.2. The van der Waals surface area contributed by atoms with Crippen LogP contribution in [0, 0.1) is 20.8 Å². The van der Waals surface area contributed by atoms with Crippen molar-refractivity contribution in [3.63, 3.8) is 0 Å². The summed E-state index contributed by atoms with van der Waals surface area (Å²) in [5.41, 5.74) is 2.83. The molecule has 0 aliphatic heterocycles. The molecule has 2 aromatic carbocycles. The average Bonchev–Trinajstić information content (AvgIpc) is 2.90. The van der Waals surface area contributed by atoms with Gasteiger partial charge in [0.05, 0.1) is 17.3 Å². The van der Waals surface area contributed by atoms with Crippen LogP contribution in [0.15, 0.2) is 36.4 Å². The van der Waals surface area contributed by atoms with Crippen LogP contribution < -0.4 is 10.6 Å². The quantitative estimate of drug-likeness (QED) is 0.202. The number of benzene rings is 2. The van der Waals surface area contributed by atoms with Crippen molar-refractivity contribution in [2.45, 2.75) is 105 Å². The van der Waals surface area contributed by atoms with Gasteiger partial charge in [0.25, 0.3) is 5.91 Å². The van der Waals surface area contributed by atoms with Crippen LogP contribution in [-0.4, -0.2) is 52.7 Å². The number of carbonyl (C=O) groups excluding carboxylic acids is 3. The summed E-state index contributed by atoms with van der Waals surface area (Å²) in [6.07, 6.45) is 5.06. The third-order valence-electron chi connectivity index (χ3n) is 7.05. The fraction of sp³-hybridized carbons (Fsp3) is 0.545. The Morgan fingerprint density at radius 2 is 1.50 bits per heavy atom. The second-order valence-electron chi connectivity index (χ2n) is 11.8. The molecule has 42 heavy (non-hydrogen) atoms. The van der Waals surface area contributed by atoms with E-state index in [9.17, 15) is 19.5 Å². The fourth-order valence-corrected chi connectivity index (χ4v) is 5.20. The smallest absolute Gasteiger partial charge is 0.408 e. The van der Waals surface area contributed by atoms with Crippen molar-refractivity contribution < 1.29 is 24.2 Å². The lowest BCUT2D eigenvalue weighted by Gasteiger charge is -2.35. The normalized spacial score (nSPS) is 12.8. The molecular formula is C33H48ClN3O5. The van der Waals surface area contributed by atoms with Crippen molar-refractivity contribution >= 4 is 35.2 Å². The molecule has 3 N–H and O–H groups in total. The lowest BCUT2D eigenvalue weighted by atomic mass is 9.93. The number of ether oxygens (including phenoxy) is 1. The Bertz CT molecular complexity index is 1170. The first kappa shape index (κ1) is 35.1. The molecule has 0 aliphatic rings. The van der Waals surface area contributed by atoms with E-state index in [-0.39, 0.29) is 6.54 Å². The number of unbranched alkanes of at least 4 members (excludes halogenated alkanes) is 5. The molecule has 3 amide bonds. The second kappa shape index (κ2) is 16.5. The van der Waals surface area contributed by atoms with Crippen molar-refractivity contribution in [2.24, 2.45) is 0 Å². The Morgan fingerprint density at radius 1 is 0.929 bits per heavy atom. The van der Waals surface area contributed by atoms with Gasteiger partial charge in [0.1, 0.15) is 17.7 Å². The molecule has 0 heterocycles. The lowest BCUT2D eigenvalue weighted by Crippen LogP contribution is -2.54. The Labute approximate surface area is 256 Å². The largest absolute Gasteiger partial charge is 0.444 e. The van der Waals surface area contributed by atoms with Gasteiger partial charge in [0, 0.05) is 6.54 Å². The van der Waals surface area contributed by atoms with Gasteiger partial charge in [0.2, 0.25) is 5.91 Å².